The van der Waals surface area contributed by atoms with Gasteiger partial charge < -0.3 is 14.5 Å². The summed E-state index contributed by atoms with van der Waals surface area (Å²) in [5, 5.41) is 4.60. The molecule has 3 aromatic carbocycles. The highest BCUT2D eigenvalue weighted by atomic mass is 35.5. The van der Waals surface area contributed by atoms with E-state index in [0.29, 0.717) is 17.3 Å². The lowest BCUT2D eigenvalue weighted by atomic mass is 9.94. The Morgan fingerprint density at radius 1 is 1.06 bits per heavy atom. The van der Waals surface area contributed by atoms with Crippen molar-refractivity contribution in [3.63, 3.8) is 0 Å². The maximum Gasteiger partial charge on any atom is 0.244 e. The van der Waals surface area contributed by atoms with Crippen LogP contribution in [0.3, 0.4) is 0 Å². The van der Waals surface area contributed by atoms with E-state index in [1.807, 2.05) is 38.1 Å². The Labute approximate surface area is 205 Å². The Morgan fingerprint density at radius 2 is 1.79 bits per heavy atom. The van der Waals surface area contributed by atoms with Crippen molar-refractivity contribution in [3.05, 3.63) is 93.7 Å². The number of methoxy groups -OCH3 is 1. The van der Waals surface area contributed by atoms with Gasteiger partial charge in [0.05, 0.1) is 13.4 Å². The lowest BCUT2D eigenvalue weighted by Crippen LogP contribution is -2.20. The number of aryl methyl sites for hydroxylation is 3. The minimum Gasteiger partial charge on any atom is -0.496 e. The standard InChI is InChI=1S/C29H28ClNO3/c1-17-6-11-23(18(2)12-17)26-16-34-29-20(4)28(33-5)24(14-25(26)29)19(3)13-27(32)31-15-21-7-9-22(30)10-8-21/h6-14,16H,15H2,1-5H3,(H,31,32)/b19-13+. The molecule has 1 heterocycles. The van der Waals surface area contributed by atoms with E-state index in [2.05, 4.69) is 43.4 Å². The summed E-state index contributed by atoms with van der Waals surface area (Å²) >= 11 is 5.94. The topological polar surface area (TPSA) is 51.5 Å². The van der Waals surface area contributed by atoms with Crippen LogP contribution in [0, 0.1) is 20.8 Å². The van der Waals surface area contributed by atoms with Crippen LogP contribution in [0.25, 0.3) is 27.7 Å². The third-order valence-electron chi connectivity index (χ3n) is 6.07. The van der Waals surface area contributed by atoms with E-state index in [1.54, 1.807) is 19.4 Å². The number of benzene rings is 3. The quantitative estimate of drug-likeness (QED) is 0.297. The molecule has 0 unspecified atom stereocenters. The summed E-state index contributed by atoms with van der Waals surface area (Å²) in [7, 11) is 1.64. The molecule has 1 aromatic heterocycles. The number of hydrogen-bond donors (Lipinski definition) is 1. The van der Waals surface area contributed by atoms with Crippen LogP contribution >= 0.6 is 11.6 Å². The molecule has 0 aliphatic rings. The van der Waals surface area contributed by atoms with Crippen molar-refractivity contribution in [1.82, 2.24) is 5.32 Å². The van der Waals surface area contributed by atoms with Gasteiger partial charge in [0.1, 0.15) is 11.3 Å². The number of hydrogen-bond acceptors (Lipinski definition) is 3. The normalized spacial score (nSPS) is 11.6. The maximum atomic E-state index is 12.7. The van der Waals surface area contributed by atoms with E-state index in [0.717, 1.165) is 44.4 Å². The molecule has 0 radical (unpaired) electrons. The second-order valence-electron chi connectivity index (χ2n) is 8.60. The molecule has 0 aliphatic heterocycles. The van der Waals surface area contributed by atoms with Gasteiger partial charge in [-0.25, -0.2) is 0 Å². The van der Waals surface area contributed by atoms with Gasteiger partial charge in [0.25, 0.3) is 0 Å². The van der Waals surface area contributed by atoms with Crippen molar-refractivity contribution < 1.29 is 13.9 Å². The third-order valence-corrected chi connectivity index (χ3v) is 6.32. The van der Waals surface area contributed by atoms with Gasteiger partial charge in [-0.1, -0.05) is 47.5 Å². The molecule has 0 fully saturated rings. The first-order valence-electron chi connectivity index (χ1n) is 11.2. The fourth-order valence-electron chi connectivity index (χ4n) is 4.31. The number of carbonyl (C=O) groups is 1. The number of nitrogens with one attached hydrogen (secondary N) is 1. The Hall–Kier alpha value is -3.50. The lowest BCUT2D eigenvalue weighted by Gasteiger charge is -2.14. The van der Waals surface area contributed by atoms with Crippen molar-refractivity contribution in [1.29, 1.82) is 0 Å². The number of carbonyl (C=O) groups excluding carboxylic acids is 1. The van der Waals surface area contributed by atoms with Crippen LogP contribution in [0.1, 0.15) is 34.7 Å². The summed E-state index contributed by atoms with van der Waals surface area (Å²) in [6.07, 6.45) is 3.41. The summed E-state index contributed by atoms with van der Waals surface area (Å²) in [4.78, 5) is 12.7. The van der Waals surface area contributed by atoms with Gasteiger partial charge in [0.15, 0.2) is 0 Å². The summed E-state index contributed by atoms with van der Waals surface area (Å²) < 4.78 is 11.7. The van der Waals surface area contributed by atoms with Crippen molar-refractivity contribution in [2.45, 2.75) is 34.2 Å². The second kappa shape index (κ2) is 9.78. The first-order chi connectivity index (χ1) is 16.3. The number of furan rings is 1. The molecule has 34 heavy (non-hydrogen) atoms. The molecule has 0 bridgehead atoms. The van der Waals surface area contributed by atoms with Gasteiger partial charge in [0.2, 0.25) is 5.91 Å². The first-order valence-corrected chi connectivity index (χ1v) is 11.5. The van der Waals surface area contributed by atoms with E-state index in [9.17, 15) is 4.79 Å². The maximum absolute atomic E-state index is 12.7. The zero-order valence-electron chi connectivity index (χ0n) is 20.1. The molecule has 5 heteroatoms. The molecule has 4 aromatic rings. The van der Waals surface area contributed by atoms with Crippen LogP contribution in [-0.4, -0.2) is 13.0 Å². The fraction of sp³-hybridized carbons (Fsp3) is 0.207. The lowest BCUT2D eigenvalue weighted by molar-refractivity contribution is -0.116. The van der Waals surface area contributed by atoms with Crippen molar-refractivity contribution >= 4 is 34.1 Å². The number of halogens is 1. The molecule has 4 nitrogen and oxygen atoms in total. The highest BCUT2D eigenvalue weighted by Gasteiger charge is 2.19. The molecule has 174 valence electrons. The molecular formula is C29H28ClNO3. The SMILES string of the molecule is COc1c(/C(C)=C/C(=O)NCc2ccc(Cl)cc2)cc2c(-c3ccc(C)cc3C)coc2c1C. The van der Waals surface area contributed by atoms with Crippen LogP contribution in [0.5, 0.6) is 5.75 Å². The Balaban J connectivity index is 1.70. The summed E-state index contributed by atoms with van der Waals surface area (Å²) in [5.41, 5.74) is 8.90. The minimum atomic E-state index is -0.172. The average molecular weight is 474 g/mol. The fourth-order valence-corrected chi connectivity index (χ4v) is 4.44. The third kappa shape index (κ3) is 4.73. The number of allylic oxidation sites excluding steroid dienone is 1. The van der Waals surface area contributed by atoms with Gasteiger partial charge in [-0.3, -0.25) is 4.79 Å². The van der Waals surface area contributed by atoms with Gasteiger partial charge in [-0.05, 0) is 68.2 Å². The van der Waals surface area contributed by atoms with Gasteiger partial charge in [-0.2, -0.15) is 0 Å². The van der Waals surface area contributed by atoms with Crippen LogP contribution in [0.4, 0.5) is 0 Å². The van der Waals surface area contributed by atoms with Crippen LogP contribution in [0.2, 0.25) is 5.02 Å². The zero-order chi connectivity index (χ0) is 24.4. The summed E-state index contributed by atoms with van der Waals surface area (Å²) in [5.74, 6) is 0.530. The minimum absolute atomic E-state index is 0.172. The van der Waals surface area contributed by atoms with Crippen LogP contribution in [-0.2, 0) is 11.3 Å². The van der Waals surface area contributed by atoms with E-state index in [1.165, 1.54) is 11.1 Å². The highest BCUT2D eigenvalue weighted by Crippen LogP contribution is 2.41. The molecule has 0 spiro atoms. The van der Waals surface area contributed by atoms with E-state index in [4.69, 9.17) is 20.8 Å². The predicted octanol–water partition coefficient (Wildman–Crippen LogP) is 7.41. The Morgan fingerprint density at radius 3 is 2.47 bits per heavy atom. The van der Waals surface area contributed by atoms with Crippen LogP contribution in [0.15, 0.2) is 65.3 Å². The Bertz CT molecular complexity index is 1400. The van der Waals surface area contributed by atoms with E-state index in [-0.39, 0.29) is 5.91 Å². The monoisotopic (exact) mass is 473 g/mol. The molecule has 1 N–H and O–H groups in total. The van der Waals surface area contributed by atoms with Gasteiger partial charge in [-0.15, -0.1) is 0 Å². The molecule has 0 aliphatic carbocycles. The second-order valence-corrected chi connectivity index (χ2v) is 9.03. The molecule has 4 rings (SSSR count). The van der Waals surface area contributed by atoms with E-state index >= 15 is 0 Å². The predicted molar refractivity (Wildman–Crippen MR) is 139 cm³/mol. The average Bonchev–Trinajstić information content (AvgIpc) is 3.22. The summed E-state index contributed by atoms with van der Waals surface area (Å²) in [6.45, 7) is 8.52. The van der Waals surface area contributed by atoms with Gasteiger partial charge in [0, 0.05) is 39.7 Å². The smallest absolute Gasteiger partial charge is 0.244 e. The molecule has 1 amide bonds. The largest absolute Gasteiger partial charge is 0.496 e. The van der Waals surface area contributed by atoms with Crippen molar-refractivity contribution in [2.24, 2.45) is 0 Å². The Kier molecular flexibility index (Phi) is 6.80. The van der Waals surface area contributed by atoms with Gasteiger partial charge >= 0.3 is 0 Å². The number of rotatable bonds is 6. The van der Waals surface area contributed by atoms with E-state index < -0.39 is 0 Å². The highest BCUT2D eigenvalue weighted by molar-refractivity contribution is 6.30. The van der Waals surface area contributed by atoms with Crippen LogP contribution < -0.4 is 10.1 Å². The number of ether oxygens (including phenoxy) is 1. The molecule has 0 saturated carbocycles. The first kappa shape index (κ1) is 23.7. The molecular weight excluding hydrogens is 446 g/mol. The zero-order valence-corrected chi connectivity index (χ0v) is 20.8. The van der Waals surface area contributed by atoms with Crippen molar-refractivity contribution in [2.75, 3.05) is 7.11 Å². The number of amides is 1. The molecule has 0 atom stereocenters. The molecule has 0 saturated heterocycles. The summed E-state index contributed by atoms with van der Waals surface area (Å²) in [6, 6.07) is 15.9. The number of fused-ring (bicyclic) bond motifs is 1. The van der Waals surface area contributed by atoms with Crippen molar-refractivity contribution in [3.8, 4) is 16.9 Å².